The second-order valence-electron chi connectivity index (χ2n) is 6.97. The number of aromatic nitrogens is 3. The van der Waals surface area contributed by atoms with Crippen LogP contribution in [0.4, 0.5) is 0 Å². The molecule has 1 N–H and O–H groups in total. The van der Waals surface area contributed by atoms with Gasteiger partial charge in [0, 0.05) is 13.6 Å². The minimum absolute atomic E-state index is 0.0829. The van der Waals surface area contributed by atoms with Crippen molar-refractivity contribution in [2.45, 2.75) is 37.8 Å². The molecule has 0 aliphatic carbocycles. The predicted molar refractivity (Wildman–Crippen MR) is 111 cm³/mol. The van der Waals surface area contributed by atoms with Crippen LogP contribution in [0.5, 0.6) is 0 Å². The van der Waals surface area contributed by atoms with Gasteiger partial charge in [-0.1, -0.05) is 42.5 Å². The van der Waals surface area contributed by atoms with Gasteiger partial charge in [0.2, 0.25) is 15.9 Å². The summed E-state index contributed by atoms with van der Waals surface area (Å²) in [7, 11) is -2.44. The van der Waals surface area contributed by atoms with Crippen molar-refractivity contribution < 1.29 is 13.2 Å². The number of benzene rings is 2. The van der Waals surface area contributed by atoms with Gasteiger partial charge in [-0.05, 0) is 37.1 Å². The van der Waals surface area contributed by atoms with E-state index in [0.717, 1.165) is 21.8 Å². The molecule has 3 rings (SSSR count). The number of likely N-dealkylation sites (N-methyl/N-ethyl adjacent to an activating group) is 1. The smallest absolute Gasteiger partial charge is 0.243 e. The second-order valence-corrected chi connectivity index (χ2v) is 9.01. The second kappa shape index (κ2) is 8.71. The van der Waals surface area contributed by atoms with Crippen molar-refractivity contribution in [3.8, 4) is 0 Å². The van der Waals surface area contributed by atoms with Gasteiger partial charge >= 0.3 is 0 Å². The van der Waals surface area contributed by atoms with E-state index in [1.807, 2.05) is 37.3 Å². The Kier molecular flexibility index (Phi) is 6.29. The lowest BCUT2D eigenvalue weighted by Crippen LogP contribution is -2.38. The van der Waals surface area contributed by atoms with Gasteiger partial charge in [-0.25, -0.2) is 13.1 Å². The van der Waals surface area contributed by atoms with Crippen LogP contribution in [0, 0.1) is 0 Å². The van der Waals surface area contributed by atoms with Crippen LogP contribution >= 0.6 is 0 Å². The molecule has 29 heavy (non-hydrogen) atoms. The van der Waals surface area contributed by atoms with Gasteiger partial charge in [0.1, 0.15) is 5.52 Å². The van der Waals surface area contributed by atoms with E-state index in [1.165, 1.54) is 19.2 Å². The van der Waals surface area contributed by atoms with Crippen molar-refractivity contribution in [3.05, 3.63) is 54.1 Å². The number of fused-ring (bicyclic) bond motifs is 1. The Labute approximate surface area is 170 Å². The summed E-state index contributed by atoms with van der Waals surface area (Å²) in [6.45, 7) is 4.15. The van der Waals surface area contributed by atoms with Crippen LogP contribution in [-0.2, 0) is 21.4 Å². The Balaban J connectivity index is 1.71. The summed E-state index contributed by atoms with van der Waals surface area (Å²) in [6, 6.07) is 14.3. The van der Waals surface area contributed by atoms with Crippen molar-refractivity contribution in [1.29, 1.82) is 0 Å². The van der Waals surface area contributed by atoms with Gasteiger partial charge in [-0.3, -0.25) is 4.79 Å². The van der Waals surface area contributed by atoms with Crippen LogP contribution in [0.25, 0.3) is 11.0 Å². The predicted octanol–water partition coefficient (Wildman–Crippen LogP) is 2.34. The minimum atomic E-state index is -3.83. The molecule has 1 amide bonds. The van der Waals surface area contributed by atoms with Crippen molar-refractivity contribution in [3.63, 3.8) is 0 Å². The van der Waals surface area contributed by atoms with E-state index in [4.69, 9.17) is 0 Å². The Bertz CT molecular complexity index is 1100. The SMILES string of the molecule is CC[C@H](C)n1nnc2cc(S(=O)(=O)N(C)CC(=O)NCc3ccccc3)ccc21. The van der Waals surface area contributed by atoms with Crippen molar-refractivity contribution >= 4 is 27.0 Å². The average Bonchev–Trinajstić information content (AvgIpc) is 3.15. The van der Waals surface area contributed by atoms with Crippen molar-refractivity contribution in [1.82, 2.24) is 24.6 Å². The zero-order chi connectivity index (χ0) is 21.0. The van der Waals surface area contributed by atoms with Gasteiger partial charge in [0.25, 0.3) is 0 Å². The molecule has 154 valence electrons. The molecule has 0 aliphatic rings. The van der Waals surface area contributed by atoms with E-state index in [-0.39, 0.29) is 23.4 Å². The number of amides is 1. The molecule has 2 aromatic carbocycles. The van der Waals surface area contributed by atoms with Gasteiger partial charge < -0.3 is 5.32 Å². The summed E-state index contributed by atoms with van der Waals surface area (Å²) in [5.74, 6) is -0.372. The Hall–Kier alpha value is -2.78. The van der Waals surface area contributed by atoms with E-state index in [9.17, 15) is 13.2 Å². The highest BCUT2D eigenvalue weighted by Crippen LogP contribution is 2.22. The fourth-order valence-corrected chi connectivity index (χ4v) is 4.05. The van der Waals surface area contributed by atoms with Crippen LogP contribution in [-0.4, -0.2) is 47.2 Å². The third kappa shape index (κ3) is 4.63. The van der Waals surface area contributed by atoms with E-state index < -0.39 is 10.0 Å². The maximum absolute atomic E-state index is 12.9. The molecule has 3 aromatic rings. The van der Waals surface area contributed by atoms with Gasteiger partial charge in [-0.15, -0.1) is 5.10 Å². The standard InChI is InChI=1S/C20H25N5O3S/c1-4-15(2)25-19-11-10-17(12-18(19)22-23-25)29(27,28)24(3)14-20(26)21-13-16-8-6-5-7-9-16/h5-12,15H,4,13-14H2,1-3H3,(H,21,26)/t15-/m0/s1. The maximum atomic E-state index is 12.9. The number of carbonyl (C=O) groups is 1. The first-order chi connectivity index (χ1) is 13.8. The first-order valence-corrected chi connectivity index (χ1v) is 10.9. The third-order valence-electron chi connectivity index (χ3n) is 4.86. The summed E-state index contributed by atoms with van der Waals surface area (Å²) in [4.78, 5) is 12.3. The Morgan fingerprint density at radius 2 is 1.93 bits per heavy atom. The van der Waals surface area contributed by atoms with Gasteiger partial charge in [-0.2, -0.15) is 4.31 Å². The highest BCUT2D eigenvalue weighted by molar-refractivity contribution is 7.89. The van der Waals surface area contributed by atoms with Gasteiger partial charge in [0.15, 0.2) is 0 Å². The van der Waals surface area contributed by atoms with E-state index >= 15 is 0 Å². The lowest BCUT2D eigenvalue weighted by atomic mass is 10.2. The molecule has 0 radical (unpaired) electrons. The van der Waals surface area contributed by atoms with E-state index in [1.54, 1.807) is 10.7 Å². The fourth-order valence-electron chi connectivity index (χ4n) is 2.90. The molecule has 0 unspecified atom stereocenters. The quantitative estimate of drug-likeness (QED) is 0.609. The van der Waals surface area contributed by atoms with Crippen LogP contribution in [0.15, 0.2) is 53.4 Å². The van der Waals surface area contributed by atoms with Gasteiger partial charge in [0.05, 0.1) is 23.0 Å². The zero-order valence-electron chi connectivity index (χ0n) is 16.7. The molecular formula is C20H25N5O3S. The van der Waals surface area contributed by atoms with E-state index in [0.29, 0.717) is 12.1 Å². The largest absolute Gasteiger partial charge is 0.351 e. The van der Waals surface area contributed by atoms with Crippen LogP contribution in [0.1, 0.15) is 31.9 Å². The first kappa shape index (κ1) is 20.9. The molecule has 0 spiro atoms. The van der Waals surface area contributed by atoms with Crippen LogP contribution in [0.2, 0.25) is 0 Å². The summed E-state index contributed by atoms with van der Waals surface area (Å²) in [5, 5.41) is 11.0. The number of carbonyl (C=O) groups excluding carboxylic acids is 1. The van der Waals surface area contributed by atoms with Crippen molar-refractivity contribution in [2.75, 3.05) is 13.6 Å². The third-order valence-corrected chi connectivity index (χ3v) is 6.66. The zero-order valence-corrected chi connectivity index (χ0v) is 17.6. The molecule has 1 aromatic heterocycles. The number of hydrogen-bond acceptors (Lipinski definition) is 5. The molecule has 1 atom stereocenters. The number of rotatable bonds is 8. The normalized spacial score (nSPS) is 13.0. The fraction of sp³-hybridized carbons (Fsp3) is 0.350. The monoisotopic (exact) mass is 415 g/mol. The first-order valence-electron chi connectivity index (χ1n) is 9.45. The summed E-state index contributed by atoms with van der Waals surface area (Å²) < 4.78 is 28.6. The highest BCUT2D eigenvalue weighted by Gasteiger charge is 2.24. The Morgan fingerprint density at radius 1 is 1.21 bits per heavy atom. The molecule has 9 heteroatoms. The molecule has 0 bridgehead atoms. The van der Waals surface area contributed by atoms with Crippen LogP contribution in [0.3, 0.4) is 0 Å². The van der Waals surface area contributed by atoms with E-state index in [2.05, 4.69) is 22.6 Å². The molecular weight excluding hydrogens is 390 g/mol. The lowest BCUT2D eigenvalue weighted by molar-refractivity contribution is -0.121. The minimum Gasteiger partial charge on any atom is -0.351 e. The molecule has 0 fully saturated rings. The summed E-state index contributed by atoms with van der Waals surface area (Å²) >= 11 is 0. The highest BCUT2D eigenvalue weighted by atomic mass is 32.2. The number of hydrogen-bond donors (Lipinski definition) is 1. The summed E-state index contributed by atoms with van der Waals surface area (Å²) in [6.07, 6.45) is 0.888. The number of nitrogens with zero attached hydrogens (tertiary/aromatic N) is 4. The molecule has 0 aliphatic heterocycles. The van der Waals surface area contributed by atoms with Crippen molar-refractivity contribution in [2.24, 2.45) is 0 Å². The molecule has 1 heterocycles. The topological polar surface area (TPSA) is 97.2 Å². The number of nitrogens with one attached hydrogen (secondary N) is 1. The summed E-state index contributed by atoms with van der Waals surface area (Å²) in [5.41, 5.74) is 2.23. The Morgan fingerprint density at radius 3 is 2.62 bits per heavy atom. The van der Waals surface area contributed by atoms with Crippen LogP contribution < -0.4 is 5.32 Å². The average molecular weight is 416 g/mol. The number of sulfonamides is 1. The molecule has 8 nitrogen and oxygen atoms in total. The molecule has 0 saturated carbocycles. The molecule has 0 saturated heterocycles. The maximum Gasteiger partial charge on any atom is 0.243 e. The lowest BCUT2D eigenvalue weighted by Gasteiger charge is -2.17.